The average Bonchev–Trinajstić information content (AvgIpc) is 3.04. The minimum absolute atomic E-state index is 0.686. The van der Waals surface area contributed by atoms with Crippen molar-refractivity contribution in [3.8, 4) is 11.5 Å². The Morgan fingerprint density at radius 3 is 2.57 bits per heavy atom. The van der Waals surface area contributed by atoms with Crippen molar-refractivity contribution in [3.05, 3.63) is 54.2 Å². The van der Waals surface area contributed by atoms with Gasteiger partial charge in [0.25, 0.3) is 0 Å². The second-order valence-electron chi connectivity index (χ2n) is 4.47. The predicted octanol–water partition coefficient (Wildman–Crippen LogP) is 4.02. The number of benzene rings is 1. The van der Waals surface area contributed by atoms with E-state index in [0.29, 0.717) is 11.5 Å². The van der Waals surface area contributed by atoms with Crippen LogP contribution < -0.4 is 9.47 Å². The number of hydrogen-bond donors (Lipinski definition) is 0. The van der Waals surface area contributed by atoms with Crippen LogP contribution >= 0.6 is 0 Å². The molecule has 0 atom stereocenters. The molecule has 0 amide bonds. The minimum Gasteiger partial charge on any atom is -0.493 e. The molecule has 0 bridgehead atoms. The third-order valence-electron chi connectivity index (χ3n) is 3.25. The molecule has 0 spiro atoms. The van der Waals surface area contributed by atoms with Crippen molar-refractivity contribution < 1.29 is 13.9 Å². The summed E-state index contributed by atoms with van der Waals surface area (Å²) in [5, 5.41) is 2.04. The van der Waals surface area contributed by atoms with E-state index in [1.54, 1.807) is 26.7 Å². The van der Waals surface area contributed by atoms with Crippen LogP contribution in [0.5, 0.6) is 11.5 Å². The molecule has 0 fully saturated rings. The van der Waals surface area contributed by atoms with Crippen molar-refractivity contribution in [2.45, 2.75) is 0 Å². The fraction of sp³-hybridized carbons (Fsp3) is 0.118. The molecule has 0 saturated heterocycles. The highest BCUT2D eigenvalue weighted by Gasteiger charge is 2.08. The van der Waals surface area contributed by atoms with E-state index in [9.17, 15) is 0 Å². The third-order valence-corrected chi connectivity index (χ3v) is 3.25. The van der Waals surface area contributed by atoms with E-state index >= 15 is 0 Å². The molecular formula is C17H15NO3. The summed E-state index contributed by atoms with van der Waals surface area (Å²) in [5.74, 6) is 2.18. The first kappa shape index (κ1) is 13.2. The van der Waals surface area contributed by atoms with Gasteiger partial charge in [0.1, 0.15) is 5.76 Å². The molecule has 0 saturated carbocycles. The van der Waals surface area contributed by atoms with Gasteiger partial charge in [-0.3, -0.25) is 4.98 Å². The fourth-order valence-electron chi connectivity index (χ4n) is 2.20. The van der Waals surface area contributed by atoms with Gasteiger partial charge in [-0.25, -0.2) is 0 Å². The number of hydrogen-bond acceptors (Lipinski definition) is 4. The minimum atomic E-state index is 0.686. The number of ether oxygens (including phenoxy) is 2. The summed E-state index contributed by atoms with van der Waals surface area (Å²) in [6, 6.07) is 9.57. The molecule has 0 unspecified atom stereocenters. The molecular weight excluding hydrogens is 266 g/mol. The van der Waals surface area contributed by atoms with Gasteiger partial charge in [0.05, 0.1) is 26.2 Å². The SMILES string of the molecule is COc1cc2ccnc(C=Cc3ccco3)c2cc1OC. The maximum Gasteiger partial charge on any atom is 0.161 e. The van der Waals surface area contributed by atoms with Gasteiger partial charge in [-0.15, -0.1) is 0 Å². The number of pyridine rings is 1. The number of fused-ring (bicyclic) bond motifs is 1. The standard InChI is InChI=1S/C17H15NO3/c1-19-16-10-12-7-8-18-15(14(12)11-17(16)20-2)6-5-13-4-3-9-21-13/h3-11H,1-2H3. The lowest BCUT2D eigenvalue weighted by Gasteiger charge is -2.10. The average molecular weight is 281 g/mol. The first-order chi connectivity index (χ1) is 10.3. The number of methoxy groups -OCH3 is 2. The van der Waals surface area contributed by atoms with Crippen LogP contribution in [-0.4, -0.2) is 19.2 Å². The predicted molar refractivity (Wildman–Crippen MR) is 82.5 cm³/mol. The lowest BCUT2D eigenvalue weighted by atomic mass is 10.1. The van der Waals surface area contributed by atoms with Crippen molar-refractivity contribution in [3.63, 3.8) is 0 Å². The van der Waals surface area contributed by atoms with Crippen LogP contribution in [0, 0.1) is 0 Å². The highest BCUT2D eigenvalue weighted by atomic mass is 16.5. The van der Waals surface area contributed by atoms with Gasteiger partial charge in [-0.1, -0.05) is 0 Å². The van der Waals surface area contributed by atoms with E-state index in [2.05, 4.69) is 4.98 Å². The van der Waals surface area contributed by atoms with Crippen LogP contribution in [0.25, 0.3) is 22.9 Å². The number of aromatic nitrogens is 1. The zero-order valence-electron chi connectivity index (χ0n) is 11.9. The monoisotopic (exact) mass is 281 g/mol. The summed E-state index contributed by atoms with van der Waals surface area (Å²) < 4.78 is 16.0. The van der Waals surface area contributed by atoms with E-state index in [4.69, 9.17) is 13.9 Å². The van der Waals surface area contributed by atoms with E-state index in [1.807, 2.05) is 42.5 Å². The van der Waals surface area contributed by atoms with E-state index in [-0.39, 0.29) is 0 Å². The Labute approximate surface area is 122 Å². The summed E-state index contributed by atoms with van der Waals surface area (Å²) >= 11 is 0. The van der Waals surface area contributed by atoms with E-state index in [1.165, 1.54) is 0 Å². The summed E-state index contributed by atoms with van der Waals surface area (Å²) in [6.07, 6.45) is 7.23. The highest BCUT2D eigenvalue weighted by molar-refractivity contribution is 5.93. The molecule has 4 heteroatoms. The lowest BCUT2D eigenvalue weighted by molar-refractivity contribution is 0.356. The highest BCUT2D eigenvalue weighted by Crippen LogP contribution is 2.33. The second-order valence-corrected chi connectivity index (χ2v) is 4.47. The van der Waals surface area contributed by atoms with E-state index in [0.717, 1.165) is 22.2 Å². The Bertz CT molecular complexity index is 776. The molecule has 0 N–H and O–H groups in total. The molecule has 2 heterocycles. The lowest BCUT2D eigenvalue weighted by Crippen LogP contribution is -1.92. The largest absolute Gasteiger partial charge is 0.493 e. The summed E-state index contributed by atoms with van der Waals surface area (Å²) in [5.41, 5.74) is 0.852. The second kappa shape index (κ2) is 5.71. The Balaban J connectivity index is 2.10. The molecule has 3 rings (SSSR count). The van der Waals surface area contributed by atoms with Gasteiger partial charge in [0, 0.05) is 11.6 Å². The molecule has 106 valence electrons. The van der Waals surface area contributed by atoms with Crippen molar-refractivity contribution >= 4 is 22.9 Å². The van der Waals surface area contributed by atoms with Gasteiger partial charge in [-0.2, -0.15) is 0 Å². The van der Waals surface area contributed by atoms with Crippen LogP contribution in [0.1, 0.15) is 11.5 Å². The Kier molecular flexibility index (Phi) is 3.60. The zero-order chi connectivity index (χ0) is 14.7. The molecule has 0 aliphatic carbocycles. The Hall–Kier alpha value is -2.75. The number of rotatable bonds is 4. The Morgan fingerprint density at radius 2 is 1.86 bits per heavy atom. The van der Waals surface area contributed by atoms with Gasteiger partial charge in [0.15, 0.2) is 11.5 Å². The molecule has 0 aliphatic rings. The van der Waals surface area contributed by atoms with Crippen molar-refractivity contribution in [2.24, 2.45) is 0 Å². The fourth-order valence-corrected chi connectivity index (χ4v) is 2.20. The summed E-state index contributed by atoms with van der Waals surface area (Å²) in [4.78, 5) is 4.41. The number of furan rings is 1. The maximum absolute atomic E-state index is 5.35. The first-order valence-corrected chi connectivity index (χ1v) is 6.54. The molecule has 0 radical (unpaired) electrons. The van der Waals surface area contributed by atoms with Crippen LogP contribution in [0.2, 0.25) is 0 Å². The van der Waals surface area contributed by atoms with Crippen LogP contribution in [0.4, 0.5) is 0 Å². The number of nitrogens with zero attached hydrogens (tertiary/aromatic N) is 1. The molecule has 0 aliphatic heterocycles. The molecule has 21 heavy (non-hydrogen) atoms. The molecule has 1 aromatic carbocycles. The van der Waals surface area contributed by atoms with Gasteiger partial charge < -0.3 is 13.9 Å². The smallest absolute Gasteiger partial charge is 0.161 e. The Morgan fingerprint density at radius 1 is 1.05 bits per heavy atom. The van der Waals surface area contributed by atoms with Gasteiger partial charge >= 0.3 is 0 Å². The van der Waals surface area contributed by atoms with Crippen molar-refractivity contribution in [1.82, 2.24) is 4.98 Å². The summed E-state index contributed by atoms with van der Waals surface area (Å²) in [7, 11) is 3.25. The van der Waals surface area contributed by atoms with Crippen molar-refractivity contribution in [1.29, 1.82) is 0 Å². The third kappa shape index (κ3) is 2.60. The molecule has 4 nitrogen and oxygen atoms in total. The zero-order valence-corrected chi connectivity index (χ0v) is 11.9. The topological polar surface area (TPSA) is 44.5 Å². The van der Waals surface area contributed by atoms with Gasteiger partial charge in [-0.05, 0) is 47.9 Å². The molecule has 3 aromatic rings. The van der Waals surface area contributed by atoms with Crippen LogP contribution in [-0.2, 0) is 0 Å². The van der Waals surface area contributed by atoms with Crippen LogP contribution in [0.15, 0.2) is 47.2 Å². The maximum atomic E-state index is 5.35. The quantitative estimate of drug-likeness (QED) is 0.724. The van der Waals surface area contributed by atoms with Crippen LogP contribution in [0.3, 0.4) is 0 Å². The first-order valence-electron chi connectivity index (χ1n) is 6.54. The normalized spacial score (nSPS) is 11.1. The van der Waals surface area contributed by atoms with Crippen molar-refractivity contribution in [2.75, 3.05) is 14.2 Å². The van der Waals surface area contributed by atoms with E-state index < -0.39 is 0 Å². The molecule has 2 aromatic heterocycles. The van der Waals surface area contributed by atoms with Gasteiger partial charge in [0.2, 0.25) is 0 Å². The summed E-state index contributed by atoms with van der Waals surface area (Å²) in [6.45, 7) is 0.